The predicted molar refractivity (Wildman–Crippen MR) is 289 cm³/mol. The van der Waals surface area contributed by atoms with E-state index in [1.165, 1.54) is 308 Å². The van der Waals surface area contributed by atoms with Crippen molar-refractivity contribution in [3.63, 3.8) is 0 Å². The van der Waals surface area contributed by atoms with Gasteiger partial charge < -0.3 is 10.4 Å². The van der Waals surface area contributed by atoms with E-state index in [2.05, 4.69) is 27.7 Å². The molecule has 0 saturated carbocycles. The van der Waals surface area contributed by atoms with Gasteiger partial charge >= 0.3 is 0 Å². The SMILES string of the molecule is CCCCCCCCCCCCCCCCCCN(O)CCCCCCCCCCCCCCCCCC.CCCCCCCCCCCCN(O)CCCCCCCCCCCC. The summed E-state index contributed by atoms with van der Waals surface area (Å²) in [5.41, 5.74) is 0. The summed E-state index contributed by atoms with van der Waals surface area (Å²) < 4.78 is 0. The van der Waals surface area contributed by atoms with E-state index >= 15 is 0 Å². The van der Waals surface area contributed by atoms with Crippen molar-refractivity contribution >= 4 is 0 Å². The Labute approximate surface area is 406 Å². The van der Waals surface area contributed by atoms with Crippen molar-refractivity contribution in [1.29, 1.82) is 0 Å². The summed E-state index contributed by atoms with van der Waals surface area (Å²) in [6, 6.07) is 0. The molecule has 0 unspecified atom stereocenters. The van der Waals surface area contributed by atoms with Crippen LogP contribution in [0.1, 0.15) is 362 Å². The Balaban J connectivity index is 0. The van der Waals surface area contributed by atoms with Gasteiger partial charge in [0.25, 0.3) is 0 Å². The van der Waals surface area contributed by atoms with Crippen LogP contribution in [0.5, 0.6) is 0 Å². The van der Waals surface area contributed by atoms with E-state index in [9.17, 15) is 10.4 Å². The van der Waals surface area contributed by atoms with Crippen LogP contribution >= 0.6 is 0 Å². The second kappa shape index (κ2) is 62.8. The minimum atomic E-state index is 0.869. The zero-order valence-corrected chi connectivity index (χ0v) is 45.4. The third-order valence-corrected chi connectivity index (χ3v) is 14.1. The lowest BCUT2D eigenvalue weighted by Crippen LogP contribution is -2.21. The second-order valence-corrected chi connectivity index (χ2v) is 20.9. The zero-order valence-electron chi connectivity index (χ0n) is 45.4. The van der Waals surface area contributed by atoms with Crippen LogP contribution in [0.15, 0.2) is 0 Å². The monoisotopic (exact) mass is 907 g/mol. The van der Waals surface area contributed by atoms with Crippen molar-refractivity contribution in [3.8, 4) is 0 Å². The minimum absolute atomic E-state index is 0.869. The van der Waals surface area contributed by atoms with E-state index < -0.39 is 0 Å². The van der Waals surface area contributed by atoms with Crippen molar-refractivity contribution in [1.82, 2.24) is 10.1 Å². The number of hydrogen-bond acceptors (Lipinski definition) is 4. The summed E-state index contributed by atoms with van der Waals surface area (Å²) in [6.07, 6.45) is 72.2. The van der Waals surface area contributed by atoms with Crippen molar-refractivity contribution in [3.05, 3.63) is 0 Å². The maximum atomic E-state index is 10.1. The van der Waals surface area contributed by atoms with Crippen LogP contribution in [-0.4, -0.2) is 46.7 Å². The average molecular weight is 908 g/mol. The molecule has 0 aromatic heterocycles. The Morgan fingerprint density at radius 3 is 0.359 bits per heavy atom. The lowest BCUT2D eigenvalue weighted by Gasteiger charge is -2.14. The van der Waals surface area contributed by atoms with Crippen LogP contribution in [0.4, 0.5) is 0 Å². The summed E-state index contributed by atoms with van der Waals surface area (Å²) in [5, 5.41) is 23.2. The largest absolute Gasteiger partial charge is 0.314 e. The summed E-state index contributed by atoms with van der Waals surface area (Å²) in [4.78, 5) is 0. The lowest BCUT2D eigenvalue weighted by atomic mass is 10.0. The normalized spacial score (nSPS) is 11.6. The van der Waals surface area contributed by atoms with E-state index in [0.29, 0.717) is 0 Å². The van der Waals surface area contributed by atoms with Gasteiger partial charge in [-0.1, -0.05) is 336 Å². The molecule has 0 radical (unpaired) electrons. The molecule has 0 aliphatic carbocycles. The highest BCUT2D eigenvalue weighted by Gasteiger charge is 2.03. The van der Waals surface area contributed by atoms with Crippen LogP contribution in [0.3, 0.4) is 0 Å². The zero-order chi connectivity index (χ0) is 46.8. The minimum Gasteiger partial charge on any atom is -0.314 e. The Bertz CT molecular complexity index is 704. The molecule has 0 saturated heterocycles. The van der Waals surface area contributed by atoms with Gasteiger partial charge in [-0.25, -0.2) is 0 Å². The van der Waals surface area contributed by atoms with E-state index in [1.54, 1.807) is 10.1 Å². The summed E-state index contributed by atoms with van der Waals surface area (Å²) in [5.74, 6) is 0. The average Bonchev–Trinajstić information content (AvgIpc) is 3.30. The van der Waals surface area contributed by atoms with Gasteiger partial charge in [-0.05, 0) is 25.7 Å². The summed E-state index contributed by atoms with van der Waals surface area (Å²) >= 11 is 0. The molecule has 0 bridgehead atoms. The molecule has 0 spiro atoms. The summed E-state index contributed by atoms with van der Waals surface area (Å²) in [6.45, 7) is 12.6. The highest BCUT2D eigenvalue weighted by atomic mass is 16.5. The third kappa shape index (κ3) is 63.9. The van der Waals surface area contributed by atoms with Crippen LogP contribution < -0.4 is 0 Å². The molecule has 4 heteroatoms. The molecular formula is C60H126N2O2. The van der Waals surface area contributed by atoms with Gasteiger partial charge in [0.1, 0.15) is 0 Å². The Kier molecular flexibility index (Phi) is 64.7. The second-order valence-electron chi connectivity index (χ2n) is 20.9. The molecule has 0 rings (SSSR count). The fourth-order valence-electron chi connectivity index (χ4n) is 9.47. The maximum absolute atomic E-state index is 10.1. The van der Waals surface area contributed by atoms with Crippen LogP contribution in [0, 0.1) is 0 Å². The quantitative estimate of drug-likeness (QED) is 0.0472. The topological polar surface area (TPSA) is 46.9 Å². The molecule has 388 valence electrons. The number of nitrogens with zero attached hydrogens (tertiary/aromatic N) is 2. The van der Waals surface area contributed by atoms with E-state index in [-0.39, 0.29) is 0 Å². The first-order valence-electron chi connectivity index (χ1n) is 30.5. The highest BCUT2D eigenvalue weighted by Crippen LogP contribution is 2.17. The van der Waals surface area contributed by atoms with Crippen molar-refractivity contribution in [2.24, 2.45) is 0 Å². The molecule has 0 amide bonds. The van der Waals surface area contributed by atoms with Gasteiger partial charge in [0, 0.05) is 26.2 Å². The number of hydrogen-bond donors (Lipinski definition) is 2. The summed E-state index contributed by atoms with van der Waals surface area (Å²) in [7, 11) is 0. The molecule has 0 aliphatic rings. The first-order valence-corrected chi connectivity index (χ1v) is 30.5. The fraction of sp³-hybridized carbons (Fsp3) is 1.00. The standard InChI is InChI=1S/C36H75NO.C24H51NO/c1-3-5-7-9-11-13-15-17-19-21-23-25-27-29-31-33-35-37(38)36-34-32-30-28-26-24-22-20-18-16-14-12-10-8-6-4-2;1-3-5-7-9-11-13-15-17-19-21-23-25(26)24-22-20-18-16-14-12-10-8-6-4-2/h38H,3-36H2,1-2H3;26H,3-24H2,1-2H3. The van der Waals surface area contributed by atoms with E-state index in [1.807, 2.05) is 0 Å². The molecule has 64 heavy (non-hydrogen) atoms. The third-order valence-electron chi connectivity index (χ3n) is 14.1. The van der Waals surface area contributed by atoms with Crippen molar-refractivity contribution < 1.29 is 10.4 Å². The molecule has 0 heterocycles. The van der Waals surface area contributed by atoms with Gasteiger partial charge in [-0.3, -0.25) is 0 Å². The molecule has 0 aromatic carbocycles. The first kappa shape index (κ1) is 65.9. The number of rotatable bonds is 56. The first-order chi connectivity index (χ1) is 31.6. The molecular weight excluding hydrogens is 781 g/mol. The maximum Gasteiger partial charge on any atom is 0.0238 e. The van der Waals surface area contributed by atoms with Gasteiger partial charge in [-0.15, -0.1) is 0 Å². The van der Waals surface area contributed by atoms with Gasteiger partial charge in [0.15, 0.2) is 0 Å². The van der Waals surface area contributed by atoms with E-state index in [0.717, 1.165) is 51.9 Å². The number of unbranched alkanes of at least 4 members (excludes halogenated alkanes) is 48. The lowest BCUT2D eigenvalue weighted by molar-refractivity contribution is -0.0926. The molecule has 0 aromatic rings. The van der Waals surface area contributed by atoms with Gasteiger partial charge in [0.05, 0.1) is 0 Å². The van der Waals surface area contributed by atoms with Gasteiger partial charge in [0.2, 0.25) is 0 Å². The van der Waals surface area contributed by atoms with Crippen LogP contribution in [0.25, 0.3) is 0 Å². The van der Waals surface area contributed by atoms with Crippen molar-refractivity contribution in [2.75, 3.05) is 26.2 Å². The highest BCUT2D eigenvalue weighted by molar-refractivity contribution is 4.56. The Morgan fingerprint density at radius 1 is 0.156 bits per heavy atom. The molecule has 0 atom stereocenters. The number of hydroxylamine groups is 4. The van der Waals surface area contributed by atoms with Gasteiger partial charge in [-0.2, -0.15) is 10.1 Å². The Morgan fingerprint density at radius 2 is 0.250 bits per heavy atom. The van der Waals surface area contributed by atoms with Crippen LogP contribution in [0.2, 0.25) is 0 Å². The molecule has 0 aliphatic heterocycles. The van der Waals surface area contributed by atoms with Crippen LogP contribution in [-0.2, 0) is 0 Å². The van der Waals surface area contributed by atoms with Crippen molar-refractivity contribution in [2.45, 2.75) is 362 Å². The Hall–Kier alpha value is -0.160. The van der Waals surface area contributed by atoms with E-state index in [4.69, 9.17) is 0 Å². The fourth-order valence-corrected chi connectivity index (χ4v) is 9.47. The smallest absolute Gasteiger partial charge is 0.0238 e. The molecule has 4 nitrogen and oxygen atoms in total. The predicted octanol–water partition coefficient (Wildman–Crippen LogP) is 21.7. The molecule has 0 fully saturated rings. The molecule has 2 N–H and O–H groups in total.